The third-order valence-electron chi connectivity index (χ3n) is 3.13. The van der Waals surface area contributed by atoms with Gasteiger partial charge in [-0.2, -0.15) is 0 Å². The van der Waals surface area contributed by atoms with Crippen LogP contribution in [0.2, 0.25) is 0 Å². The Hall–Kier alpha value is -1.87. The molecule has 1 aromatic rings. The van der Waals surface area contributed by atoms with Gasteiger partial charge in [-0.3, -0.25) is 14.3 Å². The molecule has 0 unspecified atom stereocenters. The molecule has 2 rings (SSSR count). The highest BCUT2D eigenvalue weighted by Gasteiger charge is 2.35. The van der Waals surface area contributed by atoms with E-state index in [1.807, 2.05) is 0 Å². The minimum absolute atomic E-state index is 0.235. The minimum atomic E-state index is -0.718. The van der Waals surface area contributed by atoms with Crippen molar-refractivity contribution >= 4 is 22.0 Å². The van der Waals surface area contributed by atoms with E-state index in [2.05, 4.69) is 30.9 Å². The van der Waals surface area contributed by atoms with Crippen LogP contribution in [0, 0.1) is 0 Å². The number of nitrogens with one attached hydrogen (secondary N) is 1. The first-order valence-electron chi connectivity index (χ1n) is 6.03. The number of hydrogen-bond acceptors (Lipinski definition) is 5. The van der Waals surface area contributed by atoms with E-state index >= 15 is 0 Å². The van der Waals surface area contributed by atoms with Crippen molar-refractivity contribution in [2.75, 3.05) is 6.61 Å². The van der Waals surface area contributed by atoms with E-state index in [-0.39, 0.29) is 18.6 Å². The van der Waals surface area contributed by atoms with Crippen molar-refractivity contribution in [1.82, 2.24) is 9.55 Å². The van der Waals surface area contributed by atoms with Crippen LogP contribution in [0.3, 0.4) is 0 Å². The summed E-state index contributed by atoms with van der Waals surface area (Å²) < 4.78 is 6.71. The number of aliphatic hydroxyl groups excluding tert-OH is 1. The van der Waals surface area contributed by atoms with Crippen molar-refractivity contribution < 1.29 is 9.84 Å². The van der Waals surface area contributed by atoms with Crippen LogP contribution in [-0.4, -0.2) is 33.4 Å². The Morgan fingerprint density at radius 2 is 2.43 bits per heavy atom. The second-order valence-electron chi connectivity index (χ2n) is 4.36. The van der Waals surface area contributed by atoms with Crippen molar-refractivity contribution in [3.63, 3.8) is 0 Å². The van der Waals surface area contributed by atoms with Gasteiger partial charge in [-0.25, -0.2) is 4.79 Å². The molecule has 10 heteroatoms. The molecule has 21 heavy (non-hydrogen) atoms. The van der Waals surface area contributed by atoms with E-state index < -0.39 is 29.6 Å². The van der Waals surface area contributed by atoms with E-state index in [0.717, 1.165) is 0 Å². The average molecular weight is 358 g/mol. The van der Waals surface area contributed by atoms with Gasteiger partial charge in [0.1, 0.15) is 6.23 Å². The summed E-state index contributed by atoms with van der Waals surface area (Å²) in [7, 11) is 0. The lowest BCUT2D eigenvalue weighted by Crippen LogP contribution is -2.33. The first kappa shape index (κ1) is 15.5. The highest BCUT2D eigenvalue weighted by Crippen LogP contribution is 2.29. The van der Waals surface area contributed by atoms with E-state index in [4.69, 9.17) is 10.3 Å². The quantitative estimate of drug-likeness (QED) is 0.469. The van der Waals surface area contributed by atoms with E-state index in [9.17, 15) is 14.7 Å². The summed E-state index contributed by atoms with van der Waals surface area (Å²) in [5, 5.41) is 12.8. The van der Waals surface area contributed by atoms with E-state index in [0.29, 0.717) is 0 Å². The minimum Gasteiger partial charge on any atom is -0.394 e. The fraction of sp³-hybridized carbons (Fsp3) is 0.455. The third kappa shape index (κ3) is 3.24. The summed E-state index contributed by atoms with van der Waals surface area (Å²) in [5.74, 6) is 0. The van der Waals surface area contributed by atoms with Crippen LogP contribution in [-0.2, 0) is 4.74 Å². The molecular formula is C11H12BrN5O4. The van der Waals surface area contributed by atoms with Crippen LogP contribution in [0.4, 0.5) is 0 Å². The fourth-order valence-corrected chi connectivity index (χ4v) is 2.42. The Morgan fingerprint density at radius 3 is 3.05 bits per heavy atom. The van der Waals surface area contributed by atoms with Gasteiger partial charge in [-0.05, 0) is 16.6 Å². The number of azide groups is 1. The Balaban J connectivity index is 2.39. The molecular weight excluding hydrogens is 346 g/mol. The lowest BCUT2D eigenvalue weighted by molar-refractivity contribution is -0.0271. The number of aliphatic hydroxyl groups is 1. The largest absolute Gasteiger partial charge is 0.394 e. The van der Waals surface area contributed by atoms with Crippen molar-refractivity contribution in [2.45, 2.75) is 24.8 Å². The second kappa shape index (κ2) is 6.72. The molecule has 0 spiro atoms. The van der Waals surface area contributed by atoms with Crippen molar-refractivity contribution in [3.8, 4) is 0 Å². The molecule has 2 heterocycles. The number of halogens is 1. The number of aromatic nitrogens is 2. The lowest BCUT2D eigenvalue weighted by atomic mass is 10.1. The zero-order valence-corrected chi connectivity index (χ0v) is 12.3. The summed E-state index contributed by atoms with van der Waals surface area (Å²) in [6, 6.07) is -0.570. The highest BCUT2D eigenvalue weighted by molar-refractivity contribution is 9.11. The Kier molecular flexibility index (Phi) is 4.97. The topological polar surface area (TPSA) is 133 Å². The molecule has 1 aliphatic rings. The maximum absolute atomic E-state index is 11.9. The first-order chi connectivity index (χ1) is 10.1. The number of nitrogens with zero attached hydrogens (tertiary/aromatic N) is 4. The number of hydrogen-bond donors (Lipinski definition) is 2. The molecule has 112 valence electrons. The van der Waals surface area contributed by atoms with Gasteiger partial charge in [-0.1, -0.05) is 21.0 Å². The molecule has 1 aromatic heterocycles. The van der Waals surface area contributed by atoms with Gasteiger partial charge >= 0.3 is 5.69 Å². The molecule has 3 atom stereocenters. The molecule has 0 amide bonds. The van der Waals surface area contributed by atoms with Gasteiger partial charge in [0.05, 0.1) is 24.3 Å². The molecule has 0 aliphatic carbocycles. The summed E-state index contributed by atoms with van der Waals surface area (Å²) in [5.41, 5.74) is 7.61. The molecule has 0 aromatic carbocycles. The van der Waals surface area contributed by atoms with Crippen LogP contribution >= 0.6 is 15.9 Å². The summed E-state index contributed by atoms with van der Waals surface area (Å²) >= 11 is 3.06. The van der Waals surface area contributed by atoms with Gasteiger partial charge < -0.3 is 9.84 Å². The highest BCUT2D eigenvalue weighted by atomic mass is 79.9. The summed E-state index contributed by atoms with van der Waals surface area (Å²) in [6.07, 6.45) is 1.68. The van der Waals surface area contributed by atoms with Gasteiger partial charge in [0, 0.05) is 17.5 Å². The van der Waals surface area contributed by atoms with Gasteiger partial charge in [0.15, 0.2) is 0 Å². The Morgan fingerprint density at radius 1 is 1.67 bits per heavy atom. The molecule has 2 N–H and O–H groups in total. The first-order valence-corrected chi connectivity index (χ1v) is 6.95. The standard InChI is InChI=1S/C11H12BrN5O4/c12-2-1-6-4-17(11(20)14-10(6)19)9-3-7(15-16-13)8(5-18)21-9/h1-2,4,7-9,18H,3,5H2,(H,14,19,20)/b2-1+/t7-,8+,9+/m0/s1. The lowest BCUT2D eigenvalue weighted by Gasteiger charge is -2.14. The van der Waals surface area contributed by atoms with Crippen molar-refractivity contribution in [2.24, 2.45) is 5.11 Å². The number of aromatic amines is 1. The van der Waals surface area contributed by atoms with E-state index in [1.165, 1.54) is 21.8 Å². The van der Waals surface area contributed by atoms with Crippen LogP contribution < -0.4 is 11.2 Å². The van der Waals surface area contributed by atoms with Crippen LogP contribution in [0.5, 0.6) is 0 Å². The average Bonchev–Trinajstić information content (AvgIpc) is 2.85. The second-order valence-corrected chi connectivity index (χ2v) is 4.89. The zero-order valence-electron chi connectivity index (χ0n) is 10.7. The van der Waals surface area contributed by atoms with E-state index in [1.54, 1.807) is 0 Å². The molecule has 0 bridgehead atoms. The predicted octanol–water partition coefficient (Wildman–Crippen LogP) is 0.861. The Labute approximate surface area is 126 Å². The molecule has 0 radical (unpaired) electrons. The van der Waals surface area contributed by atoms with Crippen LogP contribution in [0.1, 0.15) is 18.2 Å². The SMILES string of the molecule is [N-]=[N+]=N[C@H]1C[C@H](n2cc(/C=C/Br)c(=O)[nH]c2=O)O[C@@H]1CO. The van der Waals surface area contributed by atoms with Crippen LogP contribution in [0.25, 0.3) is 16.5 Å². The molecule has 0 saturated carbocycles. The fourth-order valence-electron chi connectivity index (χ4n) is 2.14. The van der Waals surface area contributed by atoms with Gasteiger partial charge in [0.2, 0.25) is 0 Å². The third-order valence-corrected chi connectivity index (χ3v) is 3.40. The Bertz CT molecular complexity index is 705. The normalized spacial score (nSPS) is 25.1. The smallest absolute Gasteiger partial charge is 0.330 e. The number of rotatable bonds is 4. The molecule has 1 fully saturated rings. The molecule has 1 saturated heterocycles. The zero-order chi connectivity index (χ0) is 15.4. The summed E-state index contributed by atoms with van der Waals surface area (Å²) in [4.78, 5) is 29.8. The van der Waals surface area contributed by atoms with Gasteiger partial charge in [-0.15, -0.1) is 0 Å². The number of H-pyrrole nitrogens is 1. The van der Waals surface area contributed by atoms with Crippen LogP contribution in [0.15, 0.2) is 25.9 Å². The number of ether oxygens (including phenoxy) is 1. The molecule has 1 aliphatic heterocycles. The monoisotopic (exact) mass is 357 g/mol. The molecule has 9 nitrogen and oxygen atoms in total. The maximum atomic E-state index is 11.9. The van der Waals surface area contributed by atoms with Crippen molar-refractivity contribution in [3.05, 3.63) is 48.0 Å². The maximum Gasteiger partial charge on any atom is 0.330 e. The summed E-state index contributed by atoms with van der Waals surface area (Å²) in [6.45, 7) is -0.327. The van der Waals surface area contributed by atoms with Crippen molar-refractivity contribution in [1.29, 1.82) is 0 Å². The predicted molar refractivity (Wildman–Crippen MR) is 77.8 cm³/mol. The van der Waals surface area contributed by atoms with Gasteiger partial charge in [0.25, 0.3) is 5.56 Å².